The molecule has 0 radical (unpaired) electrons. The minimum atomic E-state index is 0.324. The van der Waals surface area contributed by atoms with Gasteiger partial charge in [-0.15, -0.1) is 0 Å². The maximum absolute atomic E-state index is 10.9. The van der Waals surface area contributed by atoms with Crippen molar-refractivity contribution in [3.05, 3.63) is 181 Å². The van der Waals surface area contributed by atoms with E-state index < -0.39 is 0 Å². The van der Waals surface area contributed by atoms with E-state index >= 15 is 0 Å². The van der Waals surface area contributed by atoms with Crippen LogP contribution in [-0.2, 0) is 0 Å². The number of nitrogens with zero attached hydrogens (tertiary/aromatic N) is 4. The predicted molar refractivity (Wildman–Crippen MR) is 220 cm³/mol. The van der Waals surface area contributed by atoms with Gasteiger partial charge in [-0.05, 0) is 88.8 Å². The highest BCUT2D eigenvalue weighted by Gasteiger charge is 2.25. The Hall–Kier alpha value is -7.40. The standard InChI is InChI=1S/C49H32N4/c1-3-13-38-32(4-2)20-26-46-48(38)39-18-11-12-19-43(39)52(46)47-27-23-37(30-50)42(31-51)49(47)53-44-24-21-35(33-14-7-5-8-15-33)28-40(44)41-29-36(22-25-45(41)53)34-16-9-6-10-17-34/h3-29H,2H2,1H3/b13-3-. The third-order valence-corrected chi connectivity index (χ3v) is 10.3. The molecule has 7 aromatic carbocycles. The highest BCUT2D eigenvalue weighted by atomic mass is 15.1. The smallest absolute Gasteiger partial charge is 0.103 e. The monoisotopic (exact) mass is 676 g/mol. The van der Waals surface area contributed by atoms with E-state index in [1.165, 1.54) is 0 Å². The molecule has 2 aromatic heterocycles. The number of hydrogen-bond acceptors (Lipinski definition) is 2. The first kappa shape index (κ1) is 31.6. The Balaban J connectivity index is 1.45. The minimum Gasteiger partial charge on any atom is -0.307 e. The molecule has 0 unspecified atom stereocenters. The van der Waals surface area contributed by atoms with E-state index in [-0.39, 0.29) is 0 Å². The van der Waals surface area contributed by atoms with Gasteiger partial charge in [0.1, 0.15) is 12.1 Å². The molecule has 4 heteroatoms. The normalized spacial score (nSPS) is 11.5. The predicted octanol–water partition coefficient (Wildman–Crippen LogP) is 12.6. The lowest BCUT2D eigenvalue weighted by Gasteiger charge is -2.19. The van der Waals surface area contributed by atoms with E-state index in [9.17, 15) is 10.5 Å². The van der Waals surface area contributed by atoms with Crippen molar-refractivity contribution in [1.82, 2.24) is 9.13 Å². The summed E-state index contributed by atoms with van der Waals surface area (Å²) in [5.41, 5.74) is 12.6. The van der Waals surface area contributed by atoms with Gasteiger partial charge in [0.15, 0.2) is 0 Å². The molecule has 0 saturated carbocycles. The highest BCUT2D eigenvalue weighted by molar-refractivity contribution is 6.15. The number of allylic oxidation sites excluding steroid dienone is 1. The Morgan fingerprint density at radius 2 is 1.13 bits per heavy atom. The van der Waals surface area contributed by atoms with E-state index in [1.807, 2.05) is 37.3 Å². The molecule has 53 heavy (non-hydrogen) atoms. The summed E-state index contributed by atoms with van der Waals surface area (Å²) >= 11 is 0. The van der Waals surface area contributed by atoms with Gasteiger partial charge in [0.2, 0.25) is 0 Å². The van der Waals surface area contributed by atoms with E-state index in [1.54, 1.807) is 6.07 Å². The average Bonchev–Trinajstić information content (AvgIpc) is 3.73. The summed E-state index contributed by atoms with van der Waals surface area (Å²) in [4.78, 5) is 0. The van der Waals surface area contributed by atoms with Gasteiger partial charge >= 0.3 is 0 Å². The largest absolute Gasteiger partial charge is 0.307 e. The van der Waals surface area contributed by atoms with Crippen LogP contribution in [0, 0.1) is 22.7 Å². The Labute approximate surface area is 307 Å². The molecule has 0 saturated heterocycles. The van der Waals surface area contributed by atoms with Gasteiger partial charge in [0, 0.05) is 21.5 Å². The van der Waals surface area contributed by atoms with Crippen LogP contribution >= 0.6 is 0 Å². The lowest BCUT2D eigenvalue weighted by atomic mass is 10.00. The summed E-state index contributed by atoms with van der Waals surface area (Å²) < 4.78 is 4.44. The summed E-state index contributed by atoms with van der Waals surface area (Å²) in [5, 5.41) is 25.7. The van der Waals surface area contributed by atoms with Crippen molar-refractivity contribution in [2.45, 2.75) is 6.92 Å². The SMILES string of the molecule is C=Cc1ccc2c(c1/C=C\C)c1ccccc1n2-c1ccc(C#N)c(C#N)c1-n1c2ccc(-c3ccccc3)cc2c2cc(-c3ccccc3)ccc21. The molecule has 0 N–H and O–H groups in total. The van der Waals surface area contributed by atoms with E-state index in [4.69, 9.17) is 0 Å². The summed E-state index contributed by atoms with van der Waals surface area (Å²) in [6.07, 6.45) is 6.09. The molecule has 0 fully saturated rings. The molecular formula is C49H32N4. The molecule has 0 spiro atoms. The van der Waals surface area contributed by atoms with Crippen LogP contribution in [0.4, 0.5) is 0 Å². The van der Waals surface area contributed by atoms with Gasteiger partial charge in [0.25, 0.3) is 0 Å². The fourth-order valence-corrected chi connectivity index (χ4v) is 7.96. The first-order valence-electron chi connectivity index (χ1n) is 17.6. The Kier molecular flexibility index (Phi) is 7.59. The number of benzene rings is 7. The average molecular weight is 677 g/mol. The van der Waals surface area contributed by atoms with E-state index in [2.05, 4.69) is 155 Å². The van der Waals surface area contributed by atoms with Crippen LogP contribution in [0.1, 0.15) is 29.2 Å². The number of hydrogen-bond donors (Lipinski definition) is 0. The molecule has 248 valence electrons. The number of para-hydroxylation sites is 1. The fraction of sp³-hybridized carbons (Fsp3) is 0.0204. The molecule has 0 amide bonds. The van der Waals surface area contributed by atoms with Crippen LogP contribution in [0.3, 0.4) is 0 Å². The van der Waals surface area contributed by atoms with Gasteiger partial charge in [-0.3, -0.25) is 0 Å². The Morgan fingerprint density at radius 1 is 0.547 bits per heavy atom. The molecule has 0 bridgehead atoms. The maximum Gasteiger partial charge on any atom is 0.103 e. The van der Waals surface area contributed by atoms with E-state index in [0.29, 0.717) is 16.8 Å². The van der Waals surface area contributed by atoms with Crippen LogP contribution in [0.5, 0.6) is 0 Å². The lowest BCUT2D eigenvalue weighted by Crippen LogP contribution is -2.07. The quantitative estimate of drug-likeness (QED) is 0.176. The van der Waals surface area contributed by atoms with Crippen molar-refractivity contribution < 1.29 is 0 Å². The topological polar surface area (TPSA) is 57.4 Å². The molecule has 0 aliphatic carbocycles. The Morgan fingerprint density at radius 3 is 1.72 bits per heavy atom. The van der Waals surface area contributed by atoms with Crippen molar-refractivity contribution in [3.63, 3.8) is 0 Å². The van der Waals surface area contributed by atoms with Gasteiger partial charge < -0.3 is 9.13 Å². The highest BCUT2D eigenvalue weighted by Crippen LogP contribution is 2.43. The molecular weight excluding hydrogens is 645 g/mol. The molecule has 2 heterocycles. The fourth-order valence-electron chi connectivity index (χ4n) is 7.96. The number of aromatic nitrogens is 2. The van der Waals surface area contributed by atoms with Gasteiger partial charge in [-0.25, -0.2) is 0 Å². The van der Waals surface area contributed by atoms with Gasteiger partial charge in [0.05, 0.1) is 44.6 Å². The van der Waals surface area contributed by atoms with Crippen molar-refractivity contribution in [2.75, 3.05) is 0 Å². The molecule has 0 aliphatic rings. The van der Waals surface area contributed by atoms with Crippen molar-refractivity contribution in [1.29, 1.82) is 10.5 Å². The van der Waals surface area contributed by atoms with Crippen LogP contribution in [0.2, 0.25) is 0 Å². The zero-order chi connectivity index (χ0) is 36.1. The minimum absolute atomic E-state index is 0.324. The van der Waals surface area contributed by atoms with Crippen LogP contribution < -0.4 is 0 Å². The third kappa shape index (κ3) is 4.89. The summed E-state index contributed by atoms with van der Waals surface area (Å²) in [7, 11) is 0. The summed E-state index contributed by atoms with van der Waals surface area (Å²) in [5.74, 6) is 0. The van der Waals surface area contributed by atoms with E-state index in [0.717, 1.165) is 82.7 Å². The van der Waals surface area contributed by atoms with Gasteiger partial charge in [-0.2, -0.15) is 10.5 Å². The lowest BCUT2D eigenvalue weighted by molar-refractivity contribution is 1.08. The molecule has 4 nitrogen and oxygen atoms in total. The first-order chi connectivity index (χ1) is 26.1. The molecule has 0 atom stereocenters. The van der Waals surface area contributed by atoms with Crippen LogP contribution in [0.15, 0.2) is 158 Å². The second-order valence-corrected chi connectivity index (χ2v) is 13.1. The van der Waals surface area contributed by atoms with Crippen molar-refractivity contribution in [3.8, 4) is 45.8 Å². The van der Waals surface area contributed by atoms with Crippen molar-refractivity contribution in [2.24, 2.45) is 0 Å². The third-order valence-electron chi connectivity index (χ3n) is 10.3. The first-order valence-corrected chi connectivity index (χ1v) is 17.6. The second kappa shape index (κ2) is 12.7. The van der Waals surface area contributed by atoms with Crippen LogP contribution in [0.25, 0.3) is 89.4 Å². The number of nitriles is 2. The number of rotatable bonds is 6. The second-order valence-electron chi connectivity index (χ2n) is 13.1. The van der Waals surface area contributed by atoms with Crippen molar-refractivity contribution >= 4 is 55.8 Å². The zero-order valence-electron chi connectivity index (χ0n) is 29.1. The number of fused-ring (bicyclic) bond motifs is 6. The molecule has 9 rings (SSSR count). The van der Waals surface area contributed by atoms with Crippen LogP contribution in [-0.4, -0.2) is 9.13 Å². The molecule has 0 aliphatic heterocycles. The van der Waals surface area contributed by atoms with Gasteiger partial charge in [-0.1, -0.05) is 122 Å². The zero-order valence-corrected chi connectivity index (χ0v) is 29.1. The summed E-state index contributed by atoms with van der Waals surface area (Å²) in [6, 6.07) is 55.1. The summed E-state index contributed by atoms with van der Waals surface area (Å²) in [6.45, 7) is 6.14. The molecule has 9 aromatic rings. The Bertz CT molecular complexity index is 2940. The maximum atomic E-state index is 10.9.